The van der Waals surface area contributed by atoms with Crippen molar-refractivity contribution in [3.63, 3.8) is 0 Å². The SMILES string of the molecule is Cc1cc(-c2ccccc2)c(C)n1-n1cnnn1. The van der Waals surface area contributed by atoms with Crippen LogP contribution in [0.1, 0.15) is 11.4 Å². The Labute approximate surface area is 105 Å². The van der Waals surface area contributed by atoms with Crippen LogP contribution in [-0.4, -0.2) is 25.0 Å². The molecule has 0 saturated heterocycles. The Morgan fingerprint density at radius 3 is 2.50 bits per heavy atom. The van der Waals surface area contributed by atoms with E-state index in [1.807, 2.05) is 29.8 Å². The third-order valence-electron chi connectivity index (χ3n) is 3.02. The number of hydrogen-bond donors (Lipinski definition) is 0. The van der Waals surface area contributed by atoms with Crippen molar-refractivity contribution in [2.24, 2.45) is 0 Å². The topological polar surface area (TPSA) is 48.5 Å². The first-order chi connectivity index (χ1) is 8.77. The standard InChI is InChI=1S/C13H13N5/c1-10-8-13(12-6-4-3-5-7-12)11(2)18(10)17-9-14-15-16-17/h3-9H,1-2H3. The Morgan fingerprint density at radius 1 is 1.06 bits per heavy atom. The van der Waals surface area contributed by atoms with E-state index >= 15 is 0 Å². The summed E-state index contributed by atoms with van der Waals surface area (Å²) < 4.78 is 1.99. The molecule has 0 unspecified atom stereocenters. The lowest BCUT2D eigenvalue weighted by Crippen LogP contribution is -2.13. The average molecular weight is 239 g/mol. The molecular weight excluding hydrogens is 226 g/mol. The summed E-state index contributed by atoms with van der Waals surface area (Å²) in [6.07, 6.45) is 1.59. The van der Waals surface area contributed by atoms with Crippen LogP contribution < -0.4 is 0 Å². The molecule has 5 nitrogen and oxygen atoms in total. The van der Waals surface area contributed by atoms with Crippen LogP contribution in [0.25, 0.3) is 11.1 Å². The third-order valence-corrected chi connectivity index (χ3v) is 3.02. The zero-order valence-electron chi connectivity index (χ0n) is 10.3. The second-order valence-electron chi connectivity index (χ2n) is 4.19. The molecule has 5 heteroatoms. The molecule has 0 aliphatic heterocycles. The minimum atomic E-state index is 1.10. The van der Waals surface area contributed by atoms with Gasteiger partial charge in [-0.3, -0.25) is 0 Å². The van der Waals surface area contributed by atoms with E-state index in [0.717, 1.165) is 11.4 Å². The Kier molecular flexibility index (Phi) is 2.44. The number of aromatic nitrogens is 5. The Balaban J connectivity index is 2.18. The van der Waals surface area contributed by atoms with E-state index in [0.29, 0.717) is 0 Å². The van der Waals surface area contributed by atoms with Crippen LogP contribution in [0.4, 0.5) is 0 Å². The molecule has 0 fully saturated rings. The van der Waals surface area contributed by atoms with Crippen molar-refractivity contribution in [1.29, 1.82) is 0 Å². The largest absolute Gasteiger partial charge is 0.239 e. The number of hydrogen-bond acceptors (Lipinski definition) is 3. The highest BCUT2D eigenvalue weighted by molar-refractivity contribution is 5.67. The molecule has 90 valence electrons. The highest BCUT2D eigenvalue weighted by Crippen LogP contribution is 2.26. The van der Waals surface area contributed by atoms with E-state index in [2.05, 4.69) is 40.6 Å². The molecule has 0 saturated carbocycles. The molecule has 2 heterocycles. The van der Waals surface area contributed by atoms with Gasteiger partial charge in [0.05, 0.1) is 0 Å². The minimum Gasteiger partial charge on any atom is -0.239 e. The molecule has 2 aromatic heterocycles. The number of aryl methyl sites for hydroxylation is 1. The quantitative estimate of drug-likeness (QED) is 0.687. The van der Waals surface area contributed by atoms with Crippen molar-refractivity contribution in [2.45, 2.75) is 13.8 Å². The molecular formula is C13H13N5. The van der Waals surface area contributed by atoms with Gasteiger partial charge < -0.3 is 0 Å². The van der Waals surface area contributed by atoms with Gasteiger partial charge in [-0.05, 0) is 35.9 Å². The smallest absolute Gasteiger partial charge is 0.162 e. The van der Waals surface area contributed by atoms with Gasteiger partial charge in [0.1, 0.15) is 0 Å². The van der Waals surface area contributed by atoms with E-state index in [-0.39, 0.29) is 0 Å². The second kappa shape index (κ2) is 4.10. The van der Waals surface area contributed by atoms with Crippen LogP contribution in [0.15, 0.2) is 42.7 Å². The lowest BCUT2D eigenvalue weighted by molar-refractivity contribution is 0.528. The maximum Gasteiger partial charge on any atom is 0.162 e. The van der Waals surface area contributed by atoms with E-state index < -0.39 is 0 Å². The molecule has 0 spiro atoms. The van der Waals surface area contributed by atoms with Crippen LogP contribution in [0.2, 0.25) is 0 Å². The summed E-state index contributed by atoms with van der Waals surface area (Å²) in [7, 11) is 0. The van der Waals surface area contributed by atoms with Gasteiger partial charge >= 0.3 is 0 Å². The number of rotatable bonds is 2. The van der Waals surface area contributed by atoms with E-state index in [4.69, 9.17) is 0 Å². The fourth-order valence-electron chi connectivity index (χ4n) is 2.23. The van der Waals surface area contributed by atoms with Crippen molar-refractivity contribution < 1.29 is 0 Å². The molecule has 3 rings (SSSR count). The Morgan fingerprint density at radius 2 is 1.83 bits per heavy atom. The molecule has 0 amide bonds. The Bertz CT molecular complexity index is 652. The highest BCUT2D eigenvalue weighted by Gasteiger charge is 2.12. The van der Waals surface area contributed by atoms with Crippen LogP contribution in [-0.2, 0) is 0 Å². The van der Waals surface area contributed by atoms with Crippen molar-refractivity contribution in [2.75, 3.05) is 0 Å². The lowest BCUT2D eigenvalue weighted by atomic mass is 10.1. The lowest BCUT2D eigenvalue weighted by Gasteiger charge is -2.07. The molecule has 1 aromatic carbocycles. The van der Waals surface area contributed by atoms with Crippen molar-refractivity contribution in [1.82, 2.24) is 25.0 Å². The number of nitrogens with zero attached hydrogens (tertiary/aromatic N) is 5. The van der Waals surface area contributed by atoms with Crippen LogP contribution in [0.5, 0.6) is 0 Å². The molecule has 0 bridgehead atoms. The predicted octanol–water partition coefficient (Wildman–Crippen LogP) is 2.07. The summed E-state index contributed by atoms with van der Waals surface area (Å²) in [5, 5.41) is 11.3. The summed E-state index contributed by atoms with van der Waals surface area (Å²) in [6, 6.07) is 12.4. The van der Waals surface area contributed by atoms with Crippen LogP contribution in [0.3, 0.4) is 0 Å². The molecule has 0 atom stereocenters. The molecule has 0 aliphatic carbocycles. The van der Waals surface area contributed by atoms with Crippen molar-refractivity contribution in [3.8, 4) is 11.1 Å². The third kappa shape index (κ3) is 1.60. The molecule has 0 radical (unpaired) electrons. The maximum absolute atomic E-state index is 3.93. The van der Waals surface area contributed by atoms with Crippen LogP contribution >= 0.6 is 0 Å². The maximum atomic E-state index is 3.93. The number of tetrazole rings is 1. The first-order valence-corrected chi connectivity index (χ1v) is 5.75. The molecule has 18 heavy (non-hydrogen) atoms. The highest BCUT2D eigenvalue weighted by atomic mass is 15.7. The van der Waals surface area contributed by atoms with E-state index in [9.17, 15) is 0 Å². The summed E-state index contributed by atoms with van der Waals surface area (Å²) in [6.45, 7) is 4.11. The predicted molar refractivity (Wildman–Crippen MR) is 68.0 cm³/mol. The van der Waals surface area contributed by atoms with E-state index in [1.165, 1.54) is 11.1 Å². The summed E-state index contributed by atoms with van der Waals surface area (Å²) in [5.74, 6) is 0. The normalized spacial score (nSPS) is 10.8. The second-order valence-corrected chi connectivity index (χ2v) is 4.19. The van der Waals surface area contributed by atoms with Crippen LogP contribution in [0, 0.1) is 13.8 Å². The zero-order valence-corrected chi connectivity index (χ0v) is 10.3. The first-order valence-electron chi connectivity index (χ1n) is 5.75. The number of benzene rings is 1. The van der Waals surface area contributed by atoms with Crippen molar-refractivity contribution >= 4 is 0 Å². The van der Waals surface area contributed by atoms with Gasteiger partial charge in [-0.25, -0.2) is 4.68 Å². The average Bonchev–Trinajstić information content (AvgIpc) is 2.99. The van der Waals surface area contributed by atoms with E-state index in [1.54, 1.807) is 11.1 Å². The summed E-state index contributed by atoms with van der Waals surface area (Å²) >= 11 is 0. The summed E-state index contributed by atoms with van der Waals surface area (Å²) in [4.78, 5) is 1.64. The minimum absolute atomic E-state index is 1.10. The van der Waals surface area contributed by atoms with Gasteiger partial charge in [0.25, 0.3) is 0 Å². The zero-order chi connectivity index (χ0) is 12.5. The monoisotopic (exact) mass is 239 g/mol. The van der Waals surface area contributed by atoms with Gasteiger partial charge in [-0.1, -0.05) is 30.3 Å². The fraction of sp³-hybridized carbons (Fsp3) is 0.154. The van der Waals surface area contributed by atoms with Gasteiger partial charge in [0.2, 0.25) is 0 Å². The molecule has 0 N–H and O–H groups in total. The van der Waals surface area contributed by atoms with Gasteiger partial charge in [-0.15, -0.1) is 9.89 Å². The van der Waals surface area contributed by atoms with Gasteiger partial charge in [0, 0.05) is 17.0 Å². The molecule has 0 aliphatic rings. The van der Waals surface area contributed by atoms with Gasteiger partial charge in [-0.2, -0.15) is 0 Å². The molecule has 3 aromatic rings. The fourth-order valence-corrected chi connectivity index (χ4v) is 2.23. The van der Waals surface area contributed by atoms with Gasteiger partial charge in [0.15, 0.2) is 6.33 Å². The Hall–Kier alpha value is -2.43. The first kappa shape index (κ1) is 10.7. The summed E-state index contributed by atoms with van der Waals surface area (Å²) in [5.41, 5.74) is 4.61. The van der Waals surface area contributed by atoms with Crippen molar-refractivity contribution in [3.05, 3.63) is 54.1 Å².